The molecule has 6 heteroatoms. The Kier molecular flexibility index (Phi) is 4.08. The molecule has 0 saturated heterocycles. The van der Waals surface area contributed by atoms with E-state index in [1.54, 1.807) is 11.8 Å². The normalized spacial score (nSPS) is 10.6. The molecule has 0 spiro atoms. The number of halogens is 1. The molecule has 0 atom stereocenters. The fraction of sp³-hybridized carbons (Fsp3) is 0.167. The highest BCUT2D eigenvalue weighted by molar-refractivity contribution is 9.10. The second-order valence-corrected chi connectivity index (χ2v) is 5.60. The molecular weight excluding hydrogens is 316 g/mol. The van der Waals surface area contributed by atoms with Gasteiger partial charge >= 0.3 is 0 Å². The second-order valence-electron chi connectivity index (χ2n) is 3.76. The molecule has 0 amide bonds. The lowest BCUT2D eigenvalue weighted by molar-refractivity contribution is 0.444. The van der Waals surface area contributed by atoms with Crippen molar-refractivity contribution >= 4 is 27.7 Å². The van der Waals surface area contributed by atoms with Gasteiger partial charge in [0.1, 0.15) is 10.3 Å². The SMILES string of the molecule is Cc1cccc(SCc2nc(O)c(Br)c(=O)[nH]2)c1. The van der Waals surface area contributed by atoms with E-state index < -0.39 is 0 Å². The average molecular weight is 327 g/mol. The van der Waals surface area contributed by atoms with Gasteiger partial charge in [0.25, 0.3) is 5.56 Å². The Balaban J connectivity index is 2.14. The zero-order valence-electron chi connectivity index (χ0n) is 9.61. The molecule has 94 valence electrons. The maximum atomic E-state index is 11.4. The summed E-state index contributed by atoms with van der Waals surface area (Å²) in [5.41, 5.74) is 0.808. The number of nitrogens with zero attached hydrogens (tertiary/aromatic N) is 1. The van der Waals surface area contributed by atoms with E-state index in [-0.39, 0.29) is 15.9 Å². The molecule has 4 nitrogen and oxygen atoms in total. The van der Waals surface area contributed by atoms with E-state index >= 15 is 0 Å². The zero-order valence-corrected chi connectivity index (χ0v) is 12.0. The number of hydrogen-bond donors (Lipinski definition) is 2. The molecule has 0 unspecified atom stereocenters. The number of aromatic hydroxyl groups is 1. The van der Waals surface area contributed by atoms with Crippen LogP contribution in [0.4, 0.5) is 0 Å². The molecule has 2 rings (SSSR count). The molecule has 1 aromatic heterocycles. The second kappa shape index (κ2) is 5.58. The summed E-state index contributed by atoms with van der Waals surface area (Å²) < 4.78 is 0.0619. The fourth-order valence-electron chi connectivity index (χ4n) is 1.42. The lowest BCUT2D eigenvalue weighted by Gasteiger charge is -2.03. The number of benzene rings is 1. The molecule has 0 radical (unpaired) electrons. The van der Waals surface area contributed by atoms with Crippen molar-refractivity contribution in [2.45, 2.75) is 17.6 Å². The van der Waals surface area contributed by atoms with Crippen LogP contribution in [-0.2, 0) is 5.75 Å². The Morgan fingerprint density at radius 3 is 2.94 bits per heavy atom. The van der Waals surface area contributed by atoms with E-state index in [0.29, 0.717) is 11.6 Å². The molecule has 18 heavy (non-hydrogen) atoms. The zero-order chi connectivity index (χ0) is 13.1. The lowest BCUT2D eigenvalue weighted by Crippen LogP contribution is -2.11. The fourth-order valence-corrected chi connectivity index (χ4v) is 2.49. The van der Waals surface area contributed by atoms with E-state index in [0.717, 1.165) is 4.90 Å². The highest BCUT2D eigenvalue weighted by Gasteiger charge is 2.07. The monoisotopic (exact) mass is 326 g/mol. The van der Waals surface area contributed by atoms with E-state index in [9.17, 15) is 9.90 Å². The molecule has 0 aliphatic carbocycles. The van der Waals surface area contributed by atoms with Gasteiger partial charge in [-0.15, -0.1) is 11.8 Å². The first-order valence-corrected chi connectivity index (χ1v) is 7.01. The van der Waals surface area contributed by atoms with Crippen molar-refractivity contribution in [1.29, 1.82) is 0 Å². The van der Waals surface area contributed by atoms with Gasteiger partial charge in [-0.3, -0.25) is 4.79 Å². The Morgan fingerprint density at radius 1 is 1.50 bits per heavy atom. The van der Waals surface area contributed by atoms with Crippen LogP contribution in [0.25, 0.3) is 0 Å². The van der Waals surface area contributed by atoms with E-state index in [1.165, 1.54) is 5.56 Å². The Labute approximate surface area is 117 Å². The standard InChI is InChI=1S/C12H11BrN2O2S/c1-7-3-2-4-8(5-7)18-6-9-14-11(16)10(13)12(17)15-9/h2-5H,6H2,1H3,(H2,14,15,16,17). The van der Waals surface area contributed by atoms with Gasteiger partial charge in [-0.25, -0.2) is 0 Å². The van der Waals surface area contributed by atoms with Gasteiger partial charge in [0.2, 0.25) is 5.88 Å². The summed E-state index contributed by atoms with van der Waals surface area (Å²) >= 11 is 4.51. The molecule has 0 aliphatic rings. The molecular formula is C12H11BrN2O2S. The van der Waals surface area contributed by atoms with Crippen molar-refractivity contribution in [2.75, 3.05) is 0 Å². The molecule has 0 saturated carbocycles. The Bertz CT molecular complexity index is 628. The minimum absolute atomic E-state index is 0.0619. The van der Waals surface area contributed by atoms with Crippen LogP contribution >= 0.6 is 27.7 Å². The van der Waals surface area contributed by atoms with Crippen molar-refractivity contribution in [3.8, 4) is 5.88 Å². The van der Waals surface area contributed by atoms with Crippen LogP contribution in [0, 0.1) is 6.92 Å². The third-order valence-electron chi connectivity index (χ3n) is 2.26. The highest BCUT2D eigenvalue weighted by Crippen LogP contribution is 2.23. The average Bonchev–Trinajstić information content (AvgIpc) is 2.33. The number of H-pyrrole nitrogens is 1. The Morgan fingerprint density at radius 2 is 2.28 bits per heavy atom. The van der Waals surface area contributed by atoms with Crippen LogP contribution in [0.5, 0.6) is 5.88 Å². The lowest BCUT2D eigenvalue weighted by atomic mass is 10.2. The summed E-state index contributed by atoms with van der Waals surface area (Å²) in [5, 5.41) is 9.43. The molecule has 2 N–H and O–H groups in total. The number of aryl methyl sites for hydroxylation is 1. The van der Waals surface area contributed by atoms with Crippen molar-refractivity contribution in [1.82, 2.24) is 9.97 Å². The van der Waals surface area contributed by atoms with Gasteiger partial charge in [0.15, 0.2) is 0 Å². The van der Waals surface area contributed by atoms with Crippen LogP contribution in [0.2, 0.25) is 0 Å². The van der Waals surface area contributed by atoms with E-state index in [2.05, 4.69) is 32.0 Å². The van der Waals surface area contributed by atoms with Crippen molar-refractivity contribution < 1.29 is 5.11 Å². The smallest absolute Gasteiger partial charge is 0.269 e. The third kappa shape index (κ3) is 3.14. The molecule has 0 fully saturated rings. The van der Waals surface area contributed by atoms with Gasteiger partial charge in [-0.1, -0.05) is 17.7 Å². The number of aromatic amines is 1. The predicted molar refractivity (Wildman–Crippen MR) is 75.0 cm³/mol. The number of rotatable bonds is 3. The van der Waals surface area contributed by atoms with E-state index in [4.69, 9.17) is 0 Å². The third-order valence-corrected chi connectivity index (χ3v) is 3.98. The largest absolute Gasteiger partial charge is 0.492 e. The summed E-state index contributed by atoms with van der Waals surface area (Å²) in [6.07, 6.45) is 0. The quantitative estimate of drug-likeness (QED) is 0.851. The summed E-state index contributed by atoms with van der Waals surface area (Å²) in [6, 6.07) is 8.05. The molecule has 1 heterocycles. The van der Waals surface area contributed by atoms with Crippen LogP contribution in [-0.4, -0.2) is 15.1 Å². The number of thioether (sulfide) groups is 1. The van der Waals surface area contributed by atoms with Crippen LogP contribution in [0.3, 0.4) is 0 Å². The minimum Gasteiger partial charge on any atom is -0.492 e. The van der Waals surface area contributed by atoms with Gasteiger partial charge in [-0.05, 0) is 35.0 Å². The predicted octanol–water partition coefficient (Wildman–Crippen LogP) is 2.84. The van der Waals surface area contributed by atoms with Gasteiger partial charge in [0.05, 0.1) is 5.75 Å². The van der Waals surface area contributed by atoms with Gasteiger partial charge < -0.3 is 10.1 Å². The van der Waals surface area contributed by atoms with Crippen LogP contribution in [0.15, 0.2) is 38.4 Å². The Hall–Kier alpha value is -1.27. The van der Waals surface area contributed by atoms with Crippen LogP contribution < -0.4 is 5.56 Å². The first-order valence-electron chi connectivity index (χ1n) is 5.23. The van der Waals surface area contributed by atoms with E-state index in [1.807, 2.05) is 25.1 Å². The minimum atomic E-state index is -0.373. The van der Waals surface area contributed by atoms with Crippen molar-refractivity contribution in [3.05, 3.63) is 50.5 Å². The topological polar surface area (TPSA) is 66.0 Å². The first-order chi connectivity index (χ1) is 8.56. The number of aromatic nitrogens is 2. The molecule has 0 bridgehead atoms. The van der Waals surface area contributed by atoms with Gasteiger partial charge in [0, 0.05) is 4.90 Å². The van der Waals surface area contributed by atoms with Gasteiger partial charge in [-0.2, -0.15) is 4.98 Å². The molecule has 2 aromatic rings. The molecule has 1 aromatic carbocycles. The number of nitrogens with one attached hydrogen (secondary N) is 1. The summed E-state index contributed by atoms with van der Waals surface area (Å²) in [7, 11) is 0. The maximum absolute atomic E-state index is 11.4. The van der Waals surface area contributed by atoms with Crippen molar-refractivity contribution in [2.24, 2.45) is 0 Å². The van der Waals surface area contributed by atoms with Crippen molar-refractivity contribution in [3.63, 3.8) is 0 Å². The number of hydrogen-bond acceptors (Lipinski definition) is 4. The summed E-state index contributed by atoms with van der Waals surface area (Å²) in [4.78, 5) is 19.0. The summed E-state index contributed by atoms with van der Waals surface area (Å²) in [5.74, 6) is 0.672. The maximum Gasteiger partial charge on any atom is 0.269 e. The summed E-state index contributed by atoms with van der Waals surface area (Å²) in [6.45, 7) is 2.02. The molecule has 0 aliphatic heterocycles. The van der Waals surface area contributed by atoms with Crippen LogP contribution in [0.1, 0.15) is 11.4 Å². The first kappa shape index (κ1) is 13.2. The highest BCUT2D eigenvalue weighted by atomic mass is 79.9.